The van der Waals surface area contributed by atoms with E-state index >= 15 is 0 Å². The average molecular weight is 358 g/mol. The molecule has 1 aromatic carbocycles. The van der Waals surface area contributed by atoms with Crippen molar-refractivity contribution in [2.24, 2.45) is 0 Å². The molecule has 4 nitrogen and oxygen atoms in total. The van der Waals surface area contributed by atoms with Gasteiger partial charge < -0.3 is 14.4 Å². The minimum absolute atomic E-state index is 0.157. The van der Waals surface area contributed by atoms with Crippen molar-refractivity contribution in [1.29, 1.82) is 0 Å². The summed E-state index contributed by atoms with van der Waals surface area (Å²) < 4.78 is 26.0. The molecular weight excluding hydrogens is 331 g/mol. The summed E-state index contributed by atoms with van der Waals surface area (Å²) >= 11 is 0. The highest BCUT2D eigenvalue weighted by atomic mass is 19.1. The smallest absolute Gasteiger partial charge is 0.132 e. The van der Waals surface area contributed by atoms with Crippen LogP contribution in [0, 0.1) is 5.82 Å². The Kier molecular flexibility index (Phi) is 5.19. The number of benzene rings is 1. The van der Waals surface area contributed by atoms with Crippen LogP contribution in [0.3, 0.4) is 0 Å². The van der Waals surface area contributed by atoms with Crippen LogP contribution < -0.4 is 9.64 Å². The third-order valence-electron chi connectivity index (χ3n) is 4.44. The highest BCUT2D eigenvalue weighted by Gasteiger charge is 2.23. The summed E-state index contributed by atoms with van der Waals surface area (Å²) in [6, 6.07) is 8.72. The van der Waals surface area contributed by atoms with Gasteiger partial charge in [0.15, 0.2) is 0 Å². The van der Waals surface area contributed by atoms with Crippen LogP contribution in [0.2, 0.25) is 0 Å². The molecule has 2 atom stereocenters. The molecule has 0 bridgehead atoms. The lowest BCUT2D eigenvalue weighted by Gasteiger charge is -2.36. The Hall–Kier alpha value is -2.14. The number of hydrogen-bond acceptors (Lipinski definition) is 4. The van der Waals surface area contributed by atoms with E-state index in [0.717, 1.165) is 18.9 Å². The lowest BCUT2D eigenvalue weighted by molar-refractivity contribution is -0.00547. The summed E-state index contributed by atoms with van der Waals surface area (Å²) in [6.45, 7) is 11.7. The zero-order valence-corrected chi connectivity index (χ0v) is 16.1. The maximum Gasteiger partial charge on any atom is 0.132 e. The maximum atomic E-state index is 14.4. The Labute approximate surface area is 155 Å². The molecule has 0 aliphatic carbocycles. The van der Waals surface area contributed by atoms with Crippen molar-refractivity contribution in [3.63, 3.8) is 0 Å². The first kappa shape index (κ1) is 18.6. The number of anilines is 1. The topological polar surface area (TPSA) is 34.6 Å². The predicted molar refractivity (Wildman–Crippen MR) is 102 cm³/mol. The molecule has 1 fully saturated rings. The molecule has 2 heterocycles. The van der Waals surface area contributed by atoms with Gasteiger partial charge in [0.05, 0.1) is 12.2 Å². The Balaban J connectivity index is 1.78. The van der Waals surface area contributed by atoms with Crippen molar-refractivity contribution >= 4 is 5.82 Å². The fourth-order valence-corrected chi connectivity index (χ4v) is 3.30. The van der Waals surface area contributed by atoms with Crippen molar-refractivity contribution in [2.75, 3.05) is 18.0 Å². The van der Waals surface area contributed by atoms with Gasteiger partial charge >= 0.3 is 0 Å². The first-order valence-electron chi connectivity index (χ1n) is 9.07. The SMILES string of the molecule is CC1CN(c2cc(Oc3ccc(C(C)(C)C)c(F)c3)ccn2)CC(C)O1. The number of morpholine rings is 1. The molecule has 1 saturated heterocycles. The van der Waals surface area contributed by atoms with Crippen molar-refractivity contribution in [3.05, 3.63) is 47.9 Å². The van der Waals surface area contributed by atoms with Gasteiger partial charge in [-0.25, -0.2) is 9.37 Å². The van der Waals surface area contributed by atoms with Crippen LogP contribution in [0.5, 0.6) is 11.5 Å². The van der Waals surface area contributed by atoms with E-state index in [0.29, 0.717) is 17.1 Å². The van der Waals surface area contributed by atoms with E-state index < -0.39 is 0 Å². The minimum atomic E-state index is -0.250. The second-order valence-electron chi connectivity index (χ2n) is 8.01. The molecule has 5 heteroatoms. The van der Waals surface area contributed by atoms with Crippen molar-refractivity contribution < 1.29 is 13.9 Å². The third-order valence-corrected chi connectivity index (χ3v) is 4.44. The molecule has 3 rings (SSSR count). The minimum Gasteiger partial charge on any atom is -0.457 e. The van der Waals surface area contributed by atoms with E-state index in [1.807, 2.05) is 32.9 Å². The molecule has 0 amide bonds. The second-order valence-corrected chi connectivity index (χ2v) is 8.01. The third kappa shape index (κ3) is 4.33. The van der Waals surface area contributed by atoms with Gasteiger partial charge in [0, 0.05) is 31.4 Å². The van der Waals surface area contributed by atoms with E-state index in [1.165, 1.54) is 6.07 Å². The van der Waals surface area contributed by atoms with Gasteiger partial charge in [0.25, 0.3) is 0 Å². The summed E-state index contributed by atoms with van der Waals surface area (Å²) in [6.07, 6.45) is 2.03. The Morgan fingerprint density at radius 2 is 1.73 bits per heavy atom. The van der Waals surface area contributed by atoms with E-state index in [9.17, 15) is 4.39 Å². The summed E-state index contributed by atoms with van der Waals surface area (Å²) in [7, 11) is 0. The standard InChI is InChI=1S/C21H27FN2O2/c1-14-12-24(13-15(2)25-14)20-11-17(8-9-23-20)26-16-6-7-18(19(22)10-16)21(3,4)5/h6-11,14-15H,12-13H2,1-5H3. The number of aromatic nitrogens is 1. The maximum absolute atomic E-state index is 14.4. The second kappa shape index (κ2) is 7.23. The van der Waals surface area contributed by atoms with Crippen LogP contribution >= 0.6 is 0 Å². The van der Waals surface area contributed by atoms with Gasteiger partial charge in [0.2, 0.25) is 0 Å². The zero-order chi connectivity index (χ0) is 18.9. The number of hydrogen-bond donors (Lipinski definition) is 0. The summed E-state index contributed by atoms with van der Waals surface area (Å²) in [5.74, 6) is 1.72. The first-order chi connectivity index (χ1) is 12.2. The molecule has 2 aromatic rings. The number of halogens is 1. The van der Waals surface area contributed by atoms with Crippen LogP contribution in [-0.4, -0.2) is 30.3 Å². The Morgan fingerprint density at radius 3 is 2.35 bits per heavy atom. The molecule has 0 radical (unpaired) electrons. The van der Waals surface area contributed by atoms with Crippen molar-refractivity contribution in [3.8, 4) is 11.5 Å². The Bertz CT molecular complexity index is 763. The van der Waals surface area contributed by atoms with Crippen LogP contribution in [0.1, 0.15) is 40.2 Å². The summed E-state index contributed by atoms with van der Waals surface area (Å²) in [5, 5.41) is 0. The van der Waals surface area contributed by atoms with Gasteiger partial charge in [-0.1, -0.05) is 26.8 Å². The molecule has 0 N–H and O–H groups in total. The zero-order valence-electron chi connectivity index (χ0n) is 16.1. The van der Waals surface area contributed by atoms with Crippen molar-refractivity contribution in [2.45, 2.75) is 52.2 Å². The molecule has 2 unspecified atom stereocenters. The number of ether oxygens (including phenoxy) is 2. The lowest BCUT2D eigenvalue weighted by Crippen LogP contribution is -2.45. The monoisotopic (exact) mass is 358 g/mol. The van der Waals surface area contributed by atoms with E-state index in [4.69, 9.17) is 9.47 Å². The number of pyridine rings is 1. The number of rotatable bonds is 3. The summed E-state index contributed by atoms with van der Waals surface area (Å²) in [5.41, 5.74) is 0.437. The van der Waals surface area contributed by atoms with E-state index in [2.05, 4.69) is 23.7 Å². The van der Waals surface area contributed by atoms with Crippen LogP contribution in [0.4, 0.5) is 10.2 Å². The highest BCUT2D eigenvalue weighted by molar-refractivity contribution is 5.46. The normalized spacial score (nSPS) is 20.9. The lowest BCUT2D eigenvalue weighted by atomic mass is 9.87. The van der Waals surface area contributed by atoms with Gasteiger partial charge in [-0.2, -0.15) is 0 Å². The summed E-state index contributed by atoms with van der Waals surface area (Å²) in [4.78, 5) is 6.64. The number of nitrogens with zero attached hydrogens (tertiary/aromatic N) is 2. The fraction of sp³-hybridized carbons (Fsp3) is 0.476. The van der Waals surface area contributed by atoms with Gasteiger partial charge in [-0.3, -0.25) is 0 Å². The van der Waals surface area contributed by atoms with E-state index in [1.54, 1.807) is 18.3 Å². The van der Waals surface area contributed by atoms with Crippen LogP contribution in [0.15, 0.2) is 36.5 Å². The molecular formula is C21H27FN2O2. The largest absolute Gasteiger partial charge is 0.457 e. The van der Waals surface area contributed by atoms with E-state index in [-0.39, 0.29) is 23.4 Å². The van der Waals surface area contributed by atoms with Gasteiger partial charge in [0.1, 0.15) is 23.1 Å². The molecule has 140 valence electrons. The molecule has 1 aliphatic rings. The fourth-order valence-electron chi connectivity index (χ4n) is 3.30. The average Bonchev–Trinajstić information content (AvgIpc) is 2.53. The predicted octanol–water partition coefficient (Wildman–Crippen LogP) is 4.92. The molecule has 1 aliphatic heterocycles. The van der Waals surface area contributed by atoms with Crippen LogP contribution in [-0.2, 0) is 10.2 Å². The molecule has 1 aromatic heterocycles. The van der Waals surface area contributed by atoms with Gasteiger partial charge in [-0.15, -0.1) is 0 Å². The Morgan fingerprint density at radius 1 is 1.08 bits per heavy atom. The molecule has 0 saturated carbocycles. The van der Waals surface area contributed by atoms with Gasteiger partial charge in [-0.05, 0) is 37.0 Å². The quantitative estimate of drug-likeness (QED) is 0.780. The van der Waals surface area contributed by atoms with Crippen LogP contribution in [0.25, 0.3) is 0 Å². The highest BCUT2D eigenvalue weighted by Crippen LogP contribution is 2.31. The van der Waals surface area contributed by atoms with Crippen molar-refractivity contribution in [1.82, 2.24) is 4.98 Å². The molecule has 26 heavy (non-hydrogen) atoms. The molecule has 0 spiro atoms. The first-order valence-corrected chi connectivity index (χ1v) is 9.07.